The van der Waals surface area contributed by atoms with Gasteiger partial charge in [0.2, 0.25) is 0 Å². The molecule has 2 nitrogen and oxygen atoms in total. The van der Waals surface area contributed by atoms with E-state index in [1.165, 1.54) is 0 Å². The van der Waals surface area contributed by atoms with Gasteiger partial charge in [-0.1, -0.05) is 18.5 Å². The Kier molecular flexibility index (Phi) is 7.82. The topological polar surface area (TPSA) is 25.8 Å². The van der Waals surface area contributed by atoms with Crippen molar-refractivity contribution in [3.8, 4) is 0 Å². The van der Waals surface area contributed by atoms with E-state index in [2.05, 4.69) is 16.2 Å². The Morgan fingerprint density at radius 2 is 1.93 bits per heavy atom. The van der Waals surface area contributed by atoms with Gasteiger partial charge < -0.3 is 11.4 Å². The van der Waals surface area contributed by atoms with E-state index >= 15 is 0 Å². The van der Waals surface area contributed by atoms with E-state index in [0.717, 1.165) is 10.8 Å². The summed E-state index contributed by atoms with van der Waals surface area (Å²) in [5.41, 5.74) is 0. The third-order valence-electron chi connectivity index (χ3n) is 1.39. The third kappa shape index (κ3) is 4.25. The molecule has 0 aliphatic carbocycles. The van der Waals surface area contributed by atoms with Crippen LogP contribution in [0.25, 0.3) is 10.8 Å². The summed E-state index contributed by atoms with van der Waals surface area (Å²) >= 11 is 0. The second-order valence-electron chi connectivity index (χ2n) is 2.61. The van der Waals surface area contributed by atoms with Crippen molar-refractivity contribution >= 4 is 10.8 Å². The molecule has 1 radical (unpaired) electrons. The average molecular weight is 261 g/mol. The maximum atomic E-state index is 3.97. The van der Waals surface area contributed by atoms with Gasteiger partial charge in [0.1, 0.15) is 0 Å². The molecule has 0 aromatic carbocycles. The first-order chi connectivity index (χ1) is 6.38. The van der Waals surface area contributed by atoms with Gasteiger partial charge in [0.05, 0.1) is 0 Å². The zero-order valence-electron chi connectivity index (χ0n) is 8.44. The second kappa shape index (κ2) is 8.01. The first kappa shape index (κ1) is 13.7. The minimum absolute atomic E-state index is 0. The number of pyridine rings is 2. The molecule has 0 amide bonds. The van der Waals surface area contributed by atoms with Crippen LogP contribution in [0, 0.1) is 12.6 Å². The number of hydrogen-bond donors (Lipinski definition) is 0. The summed E-state index contributed by atoms with van der Waals surface area (Å²) in [5, 5.41) is 2.19. The van der Waals surface area contributed by atoms with E-state index in [4.69, 9.17) is 0 Å². The van der Waals surface area contributed by atoms with Crippen molar-refractivity contribution < 1.29 is 32.7 Å². The molecular formula is C11H12N2Y-2. The van der Waals surface area contributed by atoms with Gasteiger partial charge in [0.15, 0.2) is 0 Å². The Labute approximate surface area is 110 Å². The van der Waals surface area contributed by atoms with E-state index in [1.807, 2.05) is 32.4 Å². The van der Waals surface area contributed by atoms with Crippen molar-refractivity contribution in [3.63, 3.8) is 0 Å². The smallest absolute Gasteiger partial charge is 0.0241 e. The zero-order valence-corrected chi connectivity index (χ0v) is 11.3. The van der Waals surface area contributed by atoms with Crippen LogP contribution in [0.3, 0.4) is 0 Å². The maximum Gasteiger partial charge on any atom is 0.0241 e. The Bertz CT molecular complexity index is 297. The van der Waals surface area contributed by atoms with E-state index in [9.17, 15) is 0 Å². The normalized spacial score (nSPS) is 8.43. The molecule has 0 bridgehead atoms. The molecular weight excluding hydrogens is 249 g/mol. The molecule has 0 aliphatic rings. The third-order valence-corrected chi connectivity index (χ3v) is 1.39. The fourth-order valence-corrected chi connectivity index (χ4v) is 0.869. The molecule has 0 spiro atoms. The molecule has 0 unspecified atom stereocenters. The monoisotopic (exact) mass is 261 g/mol. The predicted octanol–water partition coefficient (Wildman–Crippen LogP) is 2.66. The Morgan fingerprint density at radius 3 is 2.57 bits per heavy atom. The molecule has 3 heteroatoms. The van der Waals surface area contributed by atoms with E-state index < -0.39 is 0 Å². The van der Waals surface area contributed by atoms with Gasteiger partial charge in [-0.05, 0) is 6.20 Å². The molecule has 14 heavy (non-hydrogen) atoms. The standard InChI is InChI=1S/C8H5N2.C3H7.Y/c1-3-9-6-8-2-4-10-5-7(1)8;1-3-2;/h1-3,5-6H;3H,1-2H3;/q2*-1;. The molecule has 0 aliphatic heterocycles. The maximum absolute atomic E-state index is 3.97. The largest absolute Gasteiger partial charge is 0.394 e. The van der Waals surface area contributed by atoms with Crippen LogP contribution >= 0.6 is 0 Å². The minimum Gasteiger partial charge on any atom is -0.394 e. The summed E-state index contributed by atoms with van der Waals surface area (Å²) in [6.45, 7) is 4.00. The van der Waals surface area contributed by atoms with Gasteiger partial charge in [-0.15, -0.1) is 16.8 Å². The fraction of sp³-hybridized carbons (Fsp3) is 0.182. The molecule has 0 N–H and O–H groups in total. The molecule has 0 fully saturated rings. The molecule has 2 heterocycles. The summed E-state index contributed by atoms with van der Waals surface area (Å²) in [5.74, 6) is 0. The van der Waals surface area contributed by atoms with Gasteiger partial charge in [0, 0.05) is 38.9 Å². The minimum atomic E-state index is 0. The molecule has 2 rings (SSSR count). The molecule has 71 valence electrons. The van der Waals surface area contributed by atoms with E-state index in [0.29, 0.717) is 0 Å². The Balaban J connectivity index is 0.000000381. The SMILES string of the molecule is C[CH-]C.[Y].[c-]1cc2cnccc2cn1. The van der Waals surface area contributed by atoms with Gasteiger partial charge >= 0.3 is 0 Å². The van der Waals surface area contributed by atoms with Gasteiger partial charge in [-0.25, -0.2) is 0 Å². The van der Waals surface area contributed by atoms with Crippen molar-refractivity contribution in [1.29, 1.82) is 0 Å². The molecule has 0 saturated heterocycles. The average Bonchev–Trinajstić information content (AvgIpc) is 2.19. The van der Waals surface area contributed by atoms with Crippen LogP contribution in [0.15, 0.2) is 30.7 Å². The first-order valence-corrected chi connectivity index (χ1v) is 4.18. The van der Waals surface area contributed by atoms with Crippen LogP contribution in [-0.2, 0) is 32.7 Å². The van der Waals surface area contributed by atoms with E-state index in [1.54, 1.807) is 18.6 Å². The van der Waals surface area contributed by atoms with Crippen LogP contribution in [0.4, 0.5) is 0 Å². The van der Waals surface area contributed by atoms with Crippen LogP contribution in [-0.4, -0.2) is 9.97 Å². The molecule has 0 saturated carbocycles. The summed E-state index contributed by atoms with van der Waals surface area (Å²) in [4.78, 5) is 7.83. The van der Waals surface area contributed by atoms with Crippen LogP contribution in [0.2, 0.25) is 0 Å². The summed E-state index contributed by atoms with van der Waals surface area (Å²) < 4.78 is 0. The number of rotatable bonds is 0. The predicted molar refractivity (Wildman–Crippen MR) is 54.0 cm³/mol. The summed E-state index contributed by atoms with van der Waals surface area (Å²) in [6, 6.07) is 3.75. The van der Waals surface area contributed by atoms with Gasteiger partial charge in [0.25, 0.3) is 0 Å². The quantitative estimate of drug-likeness (QED) is 0.681. The van der Waals surface area contributed by atoms with Crippen molar-refractivity contribution in [3.05, 3.63) is 43.3 Å². The zero-order chi connectivity index (χ0) is 9.52. The number of hydrogen-bond acceptors (Lipinski definition) is 2. The fourth-order valence-electron chi connectivity index (χ4n) is 0.869. The van der Waals surface area contributed by atoms with Gasteiger partial charge in [-0.3, -0.25) is 4.98 Å². The van der Waals surface area contributed by atoms with Crippen molar-refractivity contribution in [2.75, 3.05) is 0 Å². The van der Waals surface area contributed by atoms with Crippen LogP contribution < -0.4 is 0 Å². The second-order valence-corrected chi connectivity index (χ2v) is 2.61. The molecule has 0 atom stereocenters. The number of fused-ring (bicyclic) bond motifs is 1. The van der Waals surface area contributed by atoms with E-state index in [-0.39, 0.29) is 32.7 Å². The van der Waals surface area contributed by atoms with Crippen LogP contribution in [0.5, 0.6) is 0 Å². The van der Waals surface area contributed by atoms with Crippen molar-refractivity contribution in [2.45, 2.75) is 13.8 Å². The first-order valence-electron chi connectivity index (χ1n) is 4.18. The van der Waals surface area contributed by atoms with Gasteiger partial charge in [-0.2, -0.15) is 13.8 Å². The number of nitrogens with zero attached hydrogens (tertiary/aromatic N) is 2. The molecule has 2 aromatic heterocycles. The summed E-state index contributed by atoms with van der Waals surface area (Å²) in [7, 11) is 0. The molecule has 2 aromatic rings. The Hall–Kier alpha value is -0.336. The van der Waals surface area contributed by atoms with Crippen LogP contribution in [0.1, 0.15) is 13.8 Å². The number of aromatic nitrogens is 2. The van der Waals surface area contributed by atoms with Crippen molar-refractivity contribution in [1.82, 2.24) is 9.97 Å². The van der Waals surface area contributed by atoms with Crippen molar-refractivity contribution in [2.24, 2.45) is 0 Å². The summed E-state index contributed by atoms with van der Waals surface area (Å²) in [6.07, 6.45) is 10.1. The Morgan fingerprint density at radius 1 is 1.21 bits per heavy atom.